The van der Waals surface area contributed by atoms with Crippen molar-refractivity contribution in [1.29, 1.82) is 0 Å². The molecule has 11 heteroatoms. The van der Waals surface area contributed by atoms with Gasteiger partial charge in [-0.2, -0.15) is 0 Å². The van der Waals surface area contributed by atoms with Crippen LogP contribution in [0.4, 0.5) is 0 Å². The average molecular weight is 767 g/mol. The van der Waals surface area contributed by atoms with Gasteiger partial charge in [-0.3, -0.25) is 0 Å². The van der Waals surface area contributed by atoms with Gasteiger partial charge in [-0.05, 0) is 12.8 Å². The number of hydrogen-bond acceptors (Lipinski definition) is 11. The lowest BCUT2D eigenvalue weighted by Gasteiger charge is -2.09. The minimum Gasteiger partial charge on any atom is -0.379 e. The summed E-state index contributed by atoms with van der Waals surface area (Å²) in [4.78, 5) is 0. The predicted molar refractivity (Wildman–Crippen MR) is 213 cm³/mol. The minimum absolute atomic E-state index is 0.528. The summed E-state index contributed by atoms with van der Waals surface area (Å²) in [6.07, 6.45) is 24.0. The third kappa shape index (κ3) is 51.6. The molecule has 0 rings (SSSR count). The number of unbranched alkanes of at least 4 members (excludes halogenated alkanes) is 16. The maximum Gasteiger partial charge on any atom is 0.0701 e. The van der Waals surface area contributed by atoms with Crippen molar-refractivity contribution in [3.05, 3.63) is 0 Å². The van der Waals surface area contributed by atoms with Crippen LogP contribution in [-0.4, -0.2) is 145 Å². The fourth-order valence-electron chi connectivity index (χ4n) is 5.33. The van der Waals surface area contributed by atoms with E-state index in [1.165, 1.54) is 103 Å². The number of hydrogen-bond donors (Lipinski definition) is 0. The van der Waals surface area contributed by atoms with Crippen molar-refractivity contribution in [2.75, 3.05) is 145 Å². The summed E-state index contributed by atoms with van der Waals surface area (Å²) in [6, 6.07) is 0. The van der Waals surface area contributed by atoms with Crippen LogP contribution in [0.15, 0.2) is 0 Å². The largest absolute Gasteiger partial charge is 0.379 e. The first-order valence-corrected chi connectivity index (χ1v) is 21.8. The van der Waals surface area contributed by atoms with Crippen molar-refractivity contribution in [2.45, 2.75) is 129 Å². The Kier molecular flexibility index (Phi) is 51.1. The molecule has 0 aromatic rings. The van der Waals surface area contributed by atoms with E-state index in [4.69, 9.17) is 52.1 Å². The molecule has 0 heterocycles. The third-order valence-corrected chi connectivity index (χ3v) is 8.50. The molecule has 11 nitrogen and oxygen atoms in total. The molecule has 0 aliphatic carbocycles. The van der Waals surface area contributed by atoms with Crippen molar-refractivity contribution in [1.82, 2.24) is 0 Å². The first-order valence-electron chi connectivity index (χ1n) is 21.8. The highest BCUT2D eigenvalue weighted by Gasteiger charge is 1.98. The van der Waals surface area contributed by atoms with Gasteiger partial charge in [-0.25, -0.2) is 0 Å². The van der Waals surface area contributed by atoms with E-state index in [1.807, 2.05) is 0 Å². The maximum atomic E-state index is 5.66. The summed E-state index contributed by atoms with van der Waals surface area (Å²) >= 11 is 0. The van der Waals surface area contributed by atoms with Crippen LogP contribution in [0, 0.1) is 0 Å². The molecule has 0 aliphatic rings. The molecule has 320 valence electrons. The molecule has 0 aromatic heterocycles. The topological polar surface area (TPSA) is 102 Å². The van der Waals surface area contributed by atoms with E-state index in [0.717, 1.165) is 26.1 Å². The highest BCUT2D eigenvalue weighted by atomic mass is 16.6. The smallest absolute Gasteiger partial charge is 0.0701 e. The molecule has 0 atom stereocenters. The summed E-state index contributed by atoms with van der Waals surface area (Å²) in [5.41, 5.74) is 0. The normalized spacial score (nSPS) is 11.7. The summed E-state index contributed by atoms with van der Waals surface area (Å²) in [5, 5.41) is 0. The van der Waals surface area contributed by atoms with Gasteiger partial charge in [-0.15, -0.1) is 0 Å². The molecule has 0 aromatic carbocycles. The van der Waals surface area contributed by atoms with E-state index in [-0.39, 0.29) is 0 Å². The Morgan fingerprint density at radius 3 is 0.453 bits per heavy atom. The Morgan fingerprint density at radius 2 is 0.283 bits per heavy atom. The van der Waals surface area contributed by atoms with Crippen molar-refractivity contribution in [2.24, 2.45) is 0 Å². The van der Waals surface area contributed by atoms with Gasteiger partial charge >= 0.3 is 0 Å². The van der Waals surface area contributed by atoms with Crippen molar-refractivity contribution in [3.8, 4) is 0 Å². The van der Waals surface area contributed by atoms with Gasteiger partial charge in [0.15, 0.2) is 0 Å². The first-order chi connectivity index (χ1) is 26.4. The molecule has 53 heavy (non-hydrogen) atoms. The maximum absolute atomic E-state index is 5.66. The predicted octanol–water partition coefficient (Wildman–Crippen LogP) is 8.23. The van der Waals surface area contributed by atoms with Crippen LogP contribution in [0.3, 0.4) is 0 Å². The standard InChI is InChI=1S/C42H86O11/c1-3-5-7-9-11-13-14-16-18-20-22-44-24-26-46-28-30-48-32-34-50-36-38-52-40-42-53-41-39-51-37-35-49-33-31-47-29-27-45-25-23-43-21-19-17-15-12-10-8-6-4-2/h3-42H2,1-2H3. The van der Waals surface area contributed by atoms with Crippen molar-refractivity contribution < 1.29 is 52.1 Å². The lowest BCUT2D eigenvalue weighted by atomic mass is 10.1. The first kappa shape index (κ1) is 52.6. The minimum atomic E-state index is 0.528. The average Bonchev–Trinajstić information content (AvgIpc) is 3.17. The summed E-state index contributed by atoms with van der Waals surface area (Å²) in [6.45, 7) is 17.4. The van der Waals surface area contributed by atoms with Crippen LogP contribution < -0.4 is 0 Å². The zero-order valence-electron chi connectivity index (χ0n) is 34.8. The second-order valence-corrected chi connectivity index (χ2v) is 13.4. The van der Waals surface area contributed by atoms with E-state index in [0.29, 0.717) is 132 Å². The second kappa shape index (κ2) is 51.6. The van der Waals surface area contributed by atoms with Crippen LogP contribution in [0.1, 0.15) is 129 Å². The molecule has 0 saturated heterocycles. The monoisotopic (exact) mass is 767 g/mol. The van der Waals surface area contributed by atoms with Gasteiger partial charge in [0, 0.05) is 13.2 Å². The van der Waals surface area contributed by atoms with E-state index in [1.54, 1.807) is 0 Å². The fourth-order valence-corrected chi connectivity index (χ4v) is 5.33. The molecule has 0 saturated carbocycles. The van der Waals surface area contributed by atoms with Crippen molar-refractivity contribution in [3.63, 3.8) is 0 Å². The quantitative estimate of drug-likeness (QED) is 0.0560. The number of rotatable bonds is 50. The van der Waals surface area contributed by atoms with Crippen LogP contribution in [0.5, 0.6) is 0 Å². The van der Waals surface area contributed by atoms with Gasteiger partial charge in [0.1, 0.15) is 0 Å². The molecule has 0 radical (unpaired) electrons. The Bertz CT molecular complexity index is 568. The van der Waals surface area contributed by atoms with E-state index in [9.17, 15) is 0 Å². The molecule has 0 aliphatic heterocycles. The molecule has 0 unspecified atom stereocenters. The van der Waals surface area contributed by atoms with Gasteiger partial charge < -0.3 is 52.1 Å². The lowest BCUT2D eigenvalue weighted by Crippen LogP contribution is -2.15. The molecular formula is C42H86O11. The van der Waals surface area contributed by atoms with Crippen molar-refractivity contribution >= 4 is 0 Å². The van der Waals surface area contributed by atoms with Gasteiger partial charge in [0.2, 0.25) is 0 Å². The molecule has 0 N–H and O–H groups in total. The SMILES string of the molecule is CCCCCCCCCCCCOCCOCCOCCOCCOCCOCCOCCOCCOCCOCCOCCCCCCCCCC. The Labute approximate surface area is 326 Å². The van der Waals surface area contributed by atoms with E-state index in [2.05, 4.69) is 13.8 Å². The zero-order valence-corrected chi connectivity index (χ0v) is 34.8. The van der Waals surface area contributed by atoms with Gasteiger partial charge in [-0.1, -0.05) is 117 Å². The van der Waals surface area contributed by atoms with E-state index >= 15 is 0 Å². The van der Waals surface area contributed by atoms with Gasteiger partial charge in [0.25, 0.3) is 0 Å². The Balaban J connectivity index is 3.05. The molecule has 0 spiro atoms. The van der Waals surface area contributed by atoms with Crippen LogP contribution >= 0.6 is 0 Å². The lowest BCUT2D eigenvalue weighted by molar-refractivity contribution is -0.0275. The highest BCUT2D eigenvalue weighted by molar-refractivity contribution is 4.48. The van der Waals surface area contributed by atoms with Crippen LogP contribution in [-0.2, 0) is 52.1 Å². The fraction of sp³-hybridized carbons (Fsp3) is 1.00. The third-order valence-electron chi connectivity index (χ3n) is 8.50. The van der Waals surface area contributed by atoms with Gasteiger partial charge in [0.05, 0.1) is 132 Å². The number of ether oxygens (including phenoxy) is 11. The molecule has 0 bridgehead atoms. The molecule has 0 fully saturated rings. The highest BCUT2D eigenvalue weighted by Crippen LogP contribution is 2.11. The van der Waals surface area contributed by atoms with Crippen LogP contribution in [0.25, 0.3) is 0 Å². The zero-order chi connectivity index (χ0) is 38.1. The summed E-state index contributed by atoms with van der Waals surface area (Å²) < 4.78 is 61.1. The van der Waals surface area contributed by atoms with Crippen LogP contribution in [0.2, 0.25) is 0 Å². The summed E-state index contributed by atoms with van der Waals surface area (Å²) in [7, 11) is 0. The van der Waals surface area contributed by atoms with E-state index < -0.39 is 0 Å². The Morgan fingerprint density at radius 1 is 0.151 bits per heavy atom. The second-order valence-electron chi connectivity index (χ2n) is 13.4. The summed E-state index contributed by atoms with van der Waals surface area (Å²) in [5.74, 6) is 0. The molecular weight excluding hydrogens is 680 g/mol. The Hall–Kier alpha value is -0.440. The molecule has 0 amide bonds.